The summed E-state index contributed by atoms with van der Waals surface area (Å²) in [6.07, 6.45) is 1.58. The fourth-order valence-corrected chi connectivity index (χ4v) is 2.71. The third-order valence-electron chi connectivity index (χ3n) is 3.71. The molecule has 0 atom stereocenters. The predicted molar refractivity (Wildman–Crippen MR) is 80.9 cm³/mol. The van der Waals surface area contributed by atoms with Crippen molar-refractivity contribution in [1.82, 2.24) is 9.55 Å². The lowest BCUT2D eigenvalue weighted by molar-refractivity contribution is 0.0551. The van der Waals surface area contributed by atoms with Crippen molar-refractivity contribution in [3.05, 3.63) is 41.7 Å². The summed E-state index contributed by atoms with van der Waals surface area (Å²) >= 11 is 0. The second-order valence-corrected chi connectivity index (χ2v) is 4.80. The van der Waals surface area contributed by atoms with Crippen LogP contribution >= 0.6 is 0 Å². The average Bonchev–Trinajstić information content (AvgIpc) is 2.86. The van der Waals surface area contributed by atoms with Crippen molar-refractivity contribution in [2.45, 2.75) is 0 Å². The van der Waals surface area contributed by atoms with Gasteiger partial charge in [-0.15, -0.1) is 0 Å². The molecular weight excluding hydrogens is 284 g/mol. The normalized spacial score (nSPS) is 10.9. The van der Waals surface area contributed by atoms with Crippen molar-refractivity contribution in [3.63, 3.8) is 0 Å². The van der Waals surface area contributed by atoms with Crippen LogP contribution in [0.5, 0.6) is 0 Å². The van der Waals surface area contributed by atoms with Gasteiger partial charge in [-0.05, 0) is 6.07 Å². The molecule has 0 unspecified atom stereocenters. The second kappa shape index (κ2) is 5.14. The Labute approximate surface area is 126 Å². The molecule has 112 valence electrons. The zero-order valence-electron chi connectivity index (χ0n) is 12.4. The molecule has 0 spiro atoms. The van der Waals surface area contributed by atoms with Crippen LogP contribution in [0.1, 0.15) is 20.8 Å². The van der Waals surface area contributed by atoms with Crippen molar-refractivity contribution in [2.24, 2.45) is 7.05 Å². The lowest BCUT2D eigenvalue weighted by Crippen LogP contribution is -2.15. The van der Waals surface area contributed by atoms with Crippen LogP contribution in [0.25, 0.3) is 21.8 Å². The molecule has 0 aliphatic rings. The van der Waals surface area contributed by atoms with E-state index < -0.39 is 11.9 Å². The topological polar surface area (TPSA) is 70.4 Å². The number of hydrogen-bond acceptors (Lipinski definition) is 5. The number of para-hydroxylation sites is 1. The van der Waals surface area contributed by atoms with Gasteiger partial charge in [0.2, 0.25) is 0 Å². The van der Waals surface area contributed by atoms with Crippen molar-refractivity contribution in [2.75, 3.05) is 14.2 Å². The van der Waals surface area contributed by atoms with Gasteiger partial charge >= 0.3 is 11.9 Å². The predicted octanol–water partition coefficient (Wildman–Crippen LogP) is 2.30. The summed E-state index contributed by atoms with van der Waals surface area (Å²) in [7, 11) is 4.35. The molecule has 0 N–H and O–H groups in total. The van der Waals surface area contributed by atoms with Crippen LogP contribution in [0.4, 0.5) is 0 Å². The monoisotopic (exact) mass is 298 g/mol. The zero-order valence-corrected chi connectivity index (χ0v) is 12.4. The quantitative estimate of drug-likeness (QED) is 0.679. The van der Waals surface area contributed by atoms with Gasteiger partial charge < -0.3 is 14.0 Å². The molecule has 0 aliphatic heterocycles. The van der Waals surface area contributed by atoms with E-state index >= 15 is 0 Å². The molecule has 0 aliphatic carbocycles. The SMILES string of the molecule is COC(=O)c1ncc2c3ccccc3n(C)c2c1C(=O)OC. The maximum atomic E-state index is 12.2. The van der Waals surface area contributed by atoms with Crippen LogP contribution in [-0.4, -0.2) is 35.7 Å². The van der Waals surface area contributed by atoms with E-state index in [-0.39, 0.29) is 11.3 Å². The van der Waals surface area contributed by atoms with Gasteiger partial charge in [-0.2, -0.15) is 0 Å². The number of esters is 2. The highest BCUT2D eigenvalue weighted by molar-refractivity contribution is 6.17. The number of carbonyl (C=O) groups is 2. The van der Waals surface area contributed by atoms with Crippen LogP contribution in [-0.2, 0) is 16.5 Å². The van der Waals surface area contributed by atoms with Crippen LogP contribution in [0, 0.1) is 0 Å². The summed E-state index contributed by atoms with van der Waals surface area (Å²) in [6.45, 7) is 0. The molecule has 0 saturated heterocycles. The number of pyridine rings is 1. The van der Waals surface area contributed by atoms with Crippen LogP contribution in [0.2, 0.25) is 0 Å². The van der Waals surface area contributed by atoms with Crippen molar-refractivity contribution >= 4 is 33.7 Å². The summed E-state index contributed by atoms with van der Waals surface area (Å²) in [5.41, 5.74) is 1.60. The third-order valence-corrected chi connectivity index (χ3v) is 3.71. The van der Waals surface area contributed by atoms with Crippen LogP contribution in [0.3, 0.4) is 0 Å². The summed E-state index contributed by atoms with van der Waals surface area (Å²) in [4.78, 5) is 28.3. The van der Waals surface area contributed by atoms with E-state index in [0.717, 1.165) is 16.3 Å². The number of rotatable bonds is 2. The minimum atomic E-state index is -0.674. The van der Waals surface area contributed by atoms with Gasteiger partial charge in [-0.3, -0.25) is 0 Å². The molecule has 1 aromatic carbocycles. The van der Waals surface area contributed by atoms with E-state index in [4.69, 9.17) is 9.47 Å². The number of hydrogen-bond donors (Lipinski definition) is 0. The minimum Gasteiger partial charge on any atom is -0.465 e. The van der Waals surface area contributed by atoms with Gasteiger partial charge in [0, 0.05) is 29.5 Å². The van der Waals surface area contributed by atoms with E-state index in [9.17, 15) is 9.59 Å². The highest BCUT2D eigenvalue weighted by Crippen LogP contribution is 2.31. The largest absolute Gasteiger partial charge is 0.465 e. The van der Waals surface area contributed by atoms with E-state index in [1.54, 1.807) is 6.20 Å². The molecule has 2 heterocycles. The Balaban J connectivity index is 2.51. The van der Waals surface area contributed by atoms with Crippen LogP contribution < -0.4 is 0 Å². The fourth-order valence-electron chi connectivity index (χ4n) is 2.71. The summed E-state index contributed by atoms with van der Waals surface area (Å²) in [5, 5.41) is 1.74. The molecular formula is C16H14N2O4. The Morgan fingerprint density at radius 1 is 1.05 bits per heavy atom. The molecule has 6 heteroatoms. The Morgan fingerprint density at radius 3 is 2.41 bits per heavy atom. The number of benzene rings is 1. The van der Waals surface area contributed by atoms with Crippen molar-refractivity contribution in [1.29, 1.82) is 0 Å². The first-order valence-electron chi connectivity index (χ1n) is 6.63. The smallest absolute Gasteiger partial charge is 0.357 e. The standard InChI is InChI=1S/C16H14N2O4/c1-18-11-7-5-4-6-9(11)10-8-17-13(16(20)22-3)12(14(10)18)15(19)21-2/h4-8H,1-3H3. The van der Waals surface area contributed by atoms with E-state index in [1.165, 1.54) is 14.2 Å². The first-order chi connectivity index (χ1) is 10.6. The van der Waals surface area contributed by atoms with Crippen molar-refractivity contribution < 1.29 is 19.1 Å². The molecule has 0 radical (unpaired) electrons. The van der Waals surface area contributed by atoms with Crippen molar-refractivity contribution in [3.8, 4) is 0 Å². The molecule has 3 rings (SSSR count). The highest BCUT2D eigenvalue weighted by atomic mass is 16.5. The number of aromatic nitrogens is 2. The molecule has 0 amide bonds. The first kappa shape index (κ1) is 14.1. The Bertz CT molecular complexity index is 911. The number of aryl methyl sites for hydroxylation is 1. The van der Waals surface area contributed by atoms with Gasteiger partial charge in [0.1, 0.15) is 5.56 Å². The Morgan fingerprint density at radius 2 is 1.73 bits per heavy atom. The van der Waals surface area contributed by atoms with E-state index in [1.807, 2.05) is 35.9 Å². The number of carbonyl (C=O) groups excluding carboxylic acids is 2. The molecule has 3 aromatic rings. The number of ether oxygens (including phenoxy) is 2. The first-order valence-corrected chi connectivity index (χ1v) is 6.63. The number of fused-ring (bicyclic) bond motifs is 3. The third kappa shape index (κ3) is 1.84. The van der Waals surface area contributed by atoms with Gasteiger partial charge in [-0.1, -0.05) is 18.2 Å². The fraction of sp³-hybridized carbons (Fsp3) is 0.188. The summed E-state index contributed by atoms with van der Waals surface area (Å²) < 4.78 is 11.4. The molecule has 6 nitrogen and oxygen atoms in total. The Hall–Kier alpha value is -2.89. The summed E-state index contributed by atoms with van der Waals surface area (Å²) in [6, 6.07) is 7.70. The molecule has 0 bridgehead atoms. The molecule has 2 aromatic heterocycles. The highest BCUT2D eigenvalue weighted by Gasteiger charge is 2.26. The van der Waals surface area contributed by atoms with Crippen LogP contribution in [0.15, 0.2) is 30.5 Å². The number of nitrogens with zero attached hydrogens (tertiary/aromatic N) is 2. The van der Waals surface area contributed by atoms with E-state index in [2.05, 4.69) is 4.98 Å². The lowest BCUT2D eigenvalue weighted by Gasteiger charge is -2.08. The Kier molecular flexibility index (Phi) is 3.29. The van der Waals surface area contributed by atoms with E-state index in [0.29, 0.717) is 5.52 Å². The zero-order chi connectivity index (χ0) is 15.9. The van der Waals surface area contributed by atoms with Gasteiger partial charge in [0.25, 0.3) is 0 Å². The second-order valence-electron chi connectivity index (χ2n) is 4.80. The number of methoxy groups -OCH3 is 2. The van der Waals surface area contributed by atoms with Gasteiger partial charge in [0.05, 0.1) is 19.7 Å². The molecule has 0 fully saturated rings. The molecule has 22 heavy (non-hydrogen) atoms. The maximum Gasteiger partial charge on any atom is 0.357 e. The van der Waals surface area contributed by atoms with Gasteiger partial charge in [-0.25, -0.2) is 14.6 Å². The average molecular weight is 298 g/mol. The maximum absolute atomic E-state index is 12.2. The lowest BCUT2D eigenvalue weighted by atomic mass is 10.1. The molecule has 0 saturated carbocycles. The van der Waals surface area contributed by atoms with Gasteiger partial charge in [0.15, 0.2) is 5.69 Å². The summed E-state index contributed by atoms with van der Waals surface area (Å²) in [5.74, 6) is -1.29. The minimum absolute atomic E-state index is 0.0484.